The first-order valence-electron chi connectivity index (χ1n) is 39.4. The second-order valence-corrected chi connectivity index (χ2v) is 39.4. The summed E-state index contributed by atoms with van der Waals surface area (Å²) in [5, 5.41) is 16.0. The number of hydrogen-bond donors (Lipinski definition) is 4. The summed E-state index contributed by atoms with van der Waals surface area (Å²) in [7, 11) is -17.2. The van der Waals surface area contributed by atoms with Gasteiger partial charge in [-0.2, -0.15) is 0 Å². The molecule has 31 heteroatoms. The number of hydrogen-bond acceptors (Lipinski definition) is 17. The van der Waals surface area contributed by atoms with E-state index in [4.69, 9.17) is 11.6 Å². The molecule has 8 heterocycles. The number of carbonyl (C=O) groups is 3. The summed E-state index contributed by atoms with van der Waals surface area (Å²) in [4.78, 5) is 54.7. The van der Waals surface area contributed by atoms with Gasteiger partial charge in [0, 0.05) is 130 Å². The maximum absolute atomic E-state index is 13.1. The molecule has 13 aromatic rings. The van der Waals surface area contributed by atoms with Crippen molar-refractivity contribution in [1.82, 2.24) is 19.9 Å². The molecule has 25 nitrogen and oxygen atoms in total. The van der Waals surface area contributed by atoms with Gasteiger partial charge in [0.1, 0.15) is 0 Å². The van der Waals surface area contributed by atoms with Gasteiger partial charge in [-0.3, -0.25) is 56.3 Å². The van der Waals surface area contributed by atoms with Crippen LogP contribution in [0.1, 0.15) is 108 Å². The second-order valence-electron chi connectivity index (χ2n) is 29.3. The number of halogens is 1. The predicted molar refractivity (Wildman–Crippen MR) is 478 cm³/mol. The van der Waals surface area contributed by atoms with E-state index < -0.39 is 50.1 Å². The lowest BCUT2D eigenvalue weighted by Crippen LogP contribution is -2.32. The van der Waals surface area contributed by atoms with Crippen LogP contribution in [0, 0.1) is 0 Å². The minimum Gasteiger partial charge on any atom is -0.322 e. The van der Waals surface area contributed by atoms with Crippen LogP contribution in [0.25, 0.3) is 54.5 Å². The van der Waals surface area contributed by atoms with Crippen molar-refractivity contribution in [1.29, 1.82) is 0 Å². The Bertz CT molecular complexity index is 6110. The summed E-state index contributed by atoms with van der Waals surface area (Å²) in [6.45, 7) is 1.85. The zero-order valence-corrected chi connectivity index (χ0v) is 70.1. The fourth-order valence-electron chi connectivity index (χ4n) is 14.5. The number of aromatic nitrogens is 4. The summed E-state index contributed by atoms with van der Waals surface area (Å²) >= 11 is 6.47. The largest absolute Gasteiger partial charge is 0.322 e. The van der Waals surface area contributed by atoms with Gasteiger partial charge in [0.05, 0.1) is 66.9 Å². The number of rotatable bonds is 14. The van der Waals surface area contributed by atoms with E-state index in [-0.39, 0.29) is 45.6 Å². The highest BCUT2D eigenvalue weighted by Gasteiger charge is 2.30. The monoisotopic (exact) mass is 1730 g/mol. The van der Waals surface area contributed by atoms with Crippen LogP contribution in [0.3, 0.4) is 0 Å². The highest BCUT2D eigenvalue weighted by molar-refractivity contribution is 7.94. The van der Waals surface area contributed by atoms with Crippen LogP contribution >= 0.6 is 11.6 Å². The molecule has 0 spiro atoms. The fraction of sp³-hybridized carbons (Fsp3) is 0.225. The number of benzene rings is 9. The van der Waals surface area contributed by atoms with E-state index >= 15 is 0 Å². The number of nitrogens with zero attached hydrogens (tertiary/aromatic N) is 8. The van der Waals surface area contributed by atoms with Gasteiger partial charge in [-0.25, -0.2) is 42.1 Å². The zero-order valence-electron chi connectivity index (χ0n) is 65.3. The number of fused-ring (bicyclic) bond motifs is 4. The minimum atomic E-state index is -3.93. The lowest BCUT2D eigenvalue weighted by atomic mass is 10.0. The van der Waals surface area contributed by atoms with Crippen LogP contribution < -0.4 is 37.9 Å². The van der Waals surface area contributed by atoms with Gasteiger partial charge in [-0.05, 0) is 243 Å². The second kappa shape index (κ2) is 37.6. The van der Waals surface area contributed by atoms with Crippen molar-refractivity contribution in [2.45, 2.75) is 81.9 Å². The lowest BCUT2D eigenvalue weighted by molar-refractivity contribution is 0.101. The van der Waals surface area contributed by atoms with Crippen molar-refractivity contribution < 1.29 is 56.5 Å². The SMILES string of the molecule is O=C(Nc1ccc2cccnc2c1)c1ccc(N2CCCCCS2(=O)=O)cc1.O=C(Nc1ccc2ccncc2c1)c1ccc(N2CCCCCS2(=O)=O)cc1.O=C(Nc1ccc2cnccc2c1)c1ccc(N2CCCCCS2(=O)=O)cc1.O=S(=O)(Nc1ccc(Cl)c(-c2nccc3ccccc23)c1)c1ccc(N2CCCCCS2(=O)=O)cc1. The molecule has 4 N–H and O–H groups in total. The summed E-state index contributed by atoms with van der Waals surface area (Å²) in [5.41, 5.74) is 8.16. The lowest BCUT2D eigenvalue weighted by Gasteiger charge is -2.22. The van der Waals surface area contributed by atoms with E-state index in [1.807, 2.05) is 109 Å². The topological polar surface area (TPSA) is 335 Å². The number of sulfonamides is 5. The molecule has 4 aliphatic rings. The average molecular weight is 1730 g/mol. The van der Waals surface area contributed by atoms with E-state index in [0.29, 0.717) is 130 Å². The Morgan fingerprint density at radius 2 is 0.742 bits per heavy atom. The molecular formula is C89H87ClN12O13S5. The summed E-state index contributed by atoms with van der Waals surface area (Å²) in [6, 6.07) is 65.1. The number of amides is 3. The number of anilines is 8. The van der Waals surface area contributed by atoms with Crippen molar-refractivity contribution in [2.75, 3.05) is 87.1 Å². The van der Waals surface area contributed by atoms with Crippen molar-refractivity contribution in [3.8, 4) is 11.3 Å². The fourth-order valence-corrected chi connectivity index (χ4v) is 22.4. The molecule has 4 fully saturated rings. The summed E-state index contributed by atoms with van der Waals surface area (Å²) in [6.07, 6.45) is 20.0. The molecule has 4 aliphatic heterocycles. The number of pyridine rings is 4. The van der Waals surface area contributed by atoms with Crippen LogP contribution in [-0.2, 0) is 50.1 Å². The van der Waals surface area contributed by atoms with E-state index in [0.717, 1.165) is 94.6 Å². The molecule has 0 unspecified atom stereocenters. The first kappa shape index (κ1) is 84.5. The molecule has 120 heavy (non-hydrogen) atoms. The average Bonchev–Trinajstić information content (AvgIpc) is 1.03. The molecule has 4 saturated heterocycles. The van der Waals surface area contributed by atoms with E-state index in [2.05, 4.69) is 40.6 Å². The Kier molecular flexibility index (Phi) is 26.5. The van der Waals surface area contributed by atoms with Crippen LogP contribution in [0.5, 0.6) is 0 Å². The van der Waals surface area contributed by atoms with Gasteiger partial charge in [-0.1, -0.05) is 85.8 Å². The summed E-state index contributed by atoms with van der Waals surface area (Å²) < 4.78 is 134. The Hall–Kier alpha value is -11.9. The highest BCUT2D eigenvalue weighted by Crippen LogP contribution is 2.36. The van der Waals surface area contributed by atoms with Crippen molar-refractivity contribution in [3.63, 3.8) is 0 Å². The van der Waals surface area contributed by atoms with Crippen LogP contribution in [0.15, 0.2) is 267 Å². The van der Waals surface area contributed by atoms with E-state index in [9.17, 15) is 56.5 Å². The molecule has 0 aliphatic carbocycles. The van der Waals surface area contributed by atoms with Crippen molar-refractivity contribution >= 4 is 168 Å². The first-order chi connectivity index (χ1) is 57.8. The Balaban J connectivity index is 0.000000132. The zero-order chi connectivity index (χ0) is 84.0. The maximum atomic E-state index is 13.1. The van der Waals surface area contributed by atoms with Gasteiger partial charge in [0.15, 0.2) is 0 Å². The van der Waals surface area contributed by atoms with Crippen LogP contribution in [0.4, 0.5) is 45.5 Å². The Morgan fingerprint density at radius 1 is 0.342 bits per heavy atom. The van der Waals surface area contributed by atoms with Gasteiger partial charge >= 0.3 is 0 Å². The third-order valence-corrected chi connectivity index (χ3v) is 30.1. The molecule has 17 rings (SSSR count). The Morgan fingerprint density at radius 3 is 1.23 bits per heavy atom. The molecule has 0 saturated carbocycles. The third-order valence-electron chi connectivity index (χ3n) is 20.9. The standard InChI is InChI=1S/C26H24ClN3O4S2.3C21H21N3O3S/c27-25-13-8-20(18-24(25)26-23-7-3-2-6-19(23)14-15-28-26)29-36(33,34)22-11-9-21(10-12-22)30-16-4-1-5-17-35(30,31)32;25-21(23-19-7-4-18-15-22-11-10-17(18)14-19)16-5-8-20(9-6-16)24-12-2-1-3-13-28(24,26)27;25-21(23-19-7-4-16-10-11-22-15-18(16)14-19)17-5-8-20(9-6-17)24-12-2-1-3-13-28(24,26)27;25-21(23-18-9-6-16-5-4-12-22-20(16)15-18)17-7-10-19(11-8-17)24-13-2-1-3-14-28(24,26)27/h2-3,6-15,18,29H,1,4-5,16-17H2;2*4-11,14-15H,1-3,12-13H2,(H,23,25);4-12,15H,1-3,13-14H2,(H,23,25). The normalized spacial score (nSPS) is 16.3. The Labute approximate surface area is 703 Å². The molecule has 0 bridgehead atoms. The van der Waals surface area contributed by atoms with Crippen molar-refractivity contribution in [2.24, 2.45) is 0 Å². The van der Waals surface area contributed by atoms with Gasteiger partial charge in [-0.15, -0.1) is 0 Å². The van der Waals surface area contributed by atoms with Gasteiger partial charge in [0.2, 0.25) is 40.1 Å². The smallest absolute Gasteiger partial charge is 0.261 e. The molecule has 0 atom stereocenters. The van der Waals surface area contributed by atoms with Crippen LogP contribution in [0.2, 0.25) is 5.02 Å². The predicted octanol–water partition coefficient (Wildman–Crippen LogP) is 17.1. The first-order valence-corrected chi connectivity index (χ1v) is 47.7. The van der Waals surface area contributed by atoms with E-state index in [1.165, 1.54) is 41.5 Å². The molecule has 3 amide bonds. The highest BCUT2D eigenvalue weighted by atomic mass is 35.5. The van der Waals surface area contributed by atoms with Gasteiger partial charge < -0.3 is 16.0 Å². The number of nitrogens with one attached hydrogen (secondary N) is 4. The summed E-state index contributed by atoms with van der Waals surface area (Å²) in [5.74, 6) is -0.115. The van der Waals surface area contributed by atoms with Crippen molar-refractivity contribution in [3.05, 3.63) is 283 Å². The maximum Gasteiger partial charge on any atom is 0.261 e. The van der Waals surface area contributed by atoms with E-state index in [1.54, 1.807) is 128 Å². The molecule has 0 radical (unpaired) electrons. The molecule has 4 aromatic heterocycles. The molecule has 9 aromatic carbocycles. The molecule has 618 valence electrons. The van der Waals surface area contributed by atoms with Crippen LogP contribution in [-0.4, -0.2) is 129 Å². The molecular weight excluding hydrogens is 1640 g/mol. The minimum absolute atomic E-state index is 0.0262. The number of carbonyl (C=O) groups excluding carboxylic acids is 3. The van der Waals surface area contributed by atoms with Gasteiger partial charge in [0.25, 0.3) is 27.7 Å². The third kappa shape index (κ3) is 20.8. The quantitative estimate of drug-likeness (QED) is 0.0786.